The van der Waals surface area contributed by atoms with Gasteiger partial charge in [0.2, 0.25) is 0 Å². The first kappa shape index (κ1) is 12.6. The predicted molar refractivity (Wildman–Crippen MR) is 72.9 cm³/mol. The topological polar surface area (TPSA) is 20.2 Å². The van der Waals surface area contributed by atoms with E-state index in [-0.39, 0.29) is 6.10 Å². The van der Waals surface area contributed by atoms with E-state index < -0.39 is 0 Å². The molecule has 0 saturated heterocycles. The summed E-state index contributed by atoms with van der Waals surface area (Å²) in [7, 11) is 0. The number of halogens is 1. The number of thiophene rings is 1. The molecule has 1 aromatic rings. The van der Waals surface area contributed by atoms with E-state index in [1.807, 2.05) is 0 Å². The van der Waals surface area contributed by atoms with Crippen LogP contribution in [0, 0.1) is 5.92 Å². The number of hydrogen-bond acceptors (Lipinski definition) is 2. The zero-order valence-electron chi connectivity index (χ0n) is 9.49. The molecule has 1 aliphatic rings. The van der Waals surface area contributed by atoms with Crippen molar-refractivity contribution < 1.29 is 5.11 Å². The minimum atomic E-state index is -0.136. The number of aliphatic hydroxyl groups excluding tert-OH is 1. The molecule has 0 bridgehead atoms. The van der Waals surface area contributed by atoms with E-state index in [2.05, 4.69) is 28.1 Å². The van der Waals surface area contributed by atoms with Gasteiger partial charge in [0, 0.05) is 11.3 Å². The summed E-state index contributed by atoms with van der Waals surface area (Å²) in [6.45, 7) is 0. The Balaban J connectivity index is 1.88. The van der Waals surface area contributed by atoms with Crippen LogP contribution < -0.4 is 0 Å². The van der Waals surface area contributed by atoms with E-state index in [0.717, 1.165) is 10.2 Å². The quantitative estimate of drug-likeness (QED) is 0.821. The minimum absolute atomic E-state index is 0.136. The lowest BCUT2D eigenvalue weighted by Gasteiger charge is -2.20. The van der Waals surface area contributed by atoms with E-state index in [4.69, 9.17) is 0 Å². The van der Waals surface area contributed by atoms with Gasteiger partial charge in [0.1, 0.15) is 0 Å². The summed E-state index contributed by atoms with van der Waals surface area (Å²) in [6.07, 6.45) is 8.44. The van der Waals surface area contributed by atoms with Gasteiger partial charge in [-0.25, -0.2) is 0 Å². The van der Waals surface area contributed by atoms with Gasteiger partial charge in [0.05, 0.1) is 9.89 Å². The van der Waals surface area contributed by atoms with Crippen LogP contribution in [0.25, 0.3) is 0 Å². The summed E-state index contributed by atoms with van der Waals surface area (Å²) in [5, 5.41) is 10.3. The van der Waals surface area contributed by atoms with Gasteiger partial charge < -0.3 is 5.11 Å². The largest absolute Gasteiger partial charge is 0.392 e. The third-order valence-electron chi connectivity index (χ3n) is 3.48. The molecule has 1 atom stereocenters. The Morgan fingerprint density at radius 2 is 1.94 bits per heavy atom. The molecule has 3 heteroatoms. The van der Waals surface area contributed by atoms with Gasteiger partial charge in [-0.1, -0.05) is 25.7 Å². The third-order valence-corrected chi connectivity index (χ3v) is 5.13. The smallest absolute Gasteiger partial charge is 0.0701 e. The van der Waals surface area contributed by atoms with Crippen molar-refractivity contribution >= 4 is 27.3 Å². The average molecular weight is 303 g/mol. The first-order valence-electron chi connectivity index (χ1n) is 6.18. The van der Waals surface area contributed by atoms with Gasteiger partial charge in [-0.15, -0.1) is 11.3 Å². The SMILES string of the molecule is OC(Cc1ccc(Br)s1)C1CCCCCC1. The maximum atomic E-state index is 10.3. The predicted octanol–water partition coefficient (Wildman–Crippen LogP) is 4.38. The van der Waals surface area contributed by atoms with Crippen molar-refractivity contribution in [2.45, 2.75) is 51.0 Å². The van der Waals surface area contributed by atoms with Crippen LogP contribution in [-0.4, -0.2) is 11.2 Å². The molecule has 1 fully saturated rings. The molecule has 0 aromatic carbocycles. The van der Waals surface area contributed by atoms with Gasteiger partial charge >= 0.3 is 0 Å². The molecule has 1 N–H and O–H groups in total. The molecule has 0 spiro atoms. The second-order valence-corrected chi connectivity index (χ2v) is 7.28. The Kier molecular flexibility index (Phi) is 4.86. The Hall–Kier alpha value is 0.140. The monoisotopic (exact) mass is 302 g/mol. The van der Waals surface area contributed by atoms with Gasteiger partial charge in [-0.05, 0) is 46.8 Å². The second kappa shape index (κ2) is 6.18. The first-order valence-corrected chi connectivity index (χ1v) is 7.79. The van der Waals surface area contributed by atoms with Crippen LogP contribution in [0.5, 0.6) is 0 Å². The normalized spacial score (nSPS) is 20.6. The highest BCUT2D eigenvalue weighted by atomic mass is 79.9. The number of hydrogen-bond donors (Lipinski definition) is 1. The Bertz CT molecular complexity index is 315. The van der Waals surface area contributed by atoms with Crippen LogP contribution in [0.4, 0.5) is 0 Å². The van der Waals surface area contributed by atoms with E-state index >= 15 is 0 Å². The van der Waals surface area contributed by atoms with Gasteiger partial charge in [0.25, 0.3) is 0 Å². The van der Waals surface area contributed by atoms with E-state index in [1.165, 1.54) is 43.4 Å². The fraction of sp³-hybridized carbons (Fsp3) is 0.692. The molecule has 1 nitrogen and oxygen atoms in total. The molecule has 0 amide bonds. The zero-order chi connectivity index (χ0) is 11.4. The summed E-state index contributed by atoms with van der Waals surface area (Å²) >= 11 is 5.21. The molecule has 1 aliphatic carbocycles. The molecular weight excluding hydrogens is 284 g/mol. The zero-order valence-corrected chi connectivity index (χ0v) is 11.9. The molecule has 2 rings (SSSR count). The van der Waals surface area contributed by atoms with Crippen molar-refractivity contribution in [1.82, 2.24) is 0 Å². The molecular formula is C13H19BrOS. The van der Waals surface area contributed by atoms with Crippen molar-refractivity contribution in [3.8, 4) is 0 Å². The van der Waals surface area contributed by atoms with Gasteiger partial charge in [-0.2, -0.15) is 0 Å². The molecule has 1 unspecified atom stereocenters. The van der Waals surface area contributed by atoms with Crippen LogP contribution in [-0.2, 0) is 6.42 Å². The maximum Gasteiger partial charge on any atom is 0.0701 e. The molecule has 0 aliphatic heterocycles. The summed E-state index contributed by atoms with van der Waals surface area (Å²) < 4.78 is 1.16. The van der Waals surface area contributed by atoms with Crippen molar-refractivity contribution in [2.75, 3.05) is 0 Å². The molecule has 0 radical (unpaired) electrons. The van der Waals surface area contributed by atoms with Crippen LogP contribution in [0.2, 0.25) is 0 Å². The first-order chi connectivity index (χ1) is 7.75. The molecule has 90 valence electrons. The average Bonchev–Trinajstić information content (AvgIpc) is 2.56. The standard InChI is InChI=1S/C13H19BrOS/c14-13-8-7-11(16-13)9-12(15)10-5-3-1-2-4-6-10/h7-8,10,12,15H,1-6,9H2. The summed E-state index contributed by atoms with van der Waals surface area (Å²) in [6, 6.07) is 4.19. The summed E-state index contributed by atoms with van der Waals surface area (Å²) in [5.74, 6) is 0.531. The second-order valence-electron chi connectivity index (χ2n) is 4.73. The van der Waals surface area contributed by atoms with Crippen LogP contribution >= 0.6 is 27.3 Å². The van der Waals surface area contributed by atoms with Gasteiger partial charge in [0.15, 0.2) is 0 Å². The molecule has 16 heavy (non-hydrogen) atoms. The Labute approximate surface area is 110 Å². The lowest BCUT2D eigenvalue weighted by molar-refractivity contribution is 0.0993. The number of aliphatic hydroxyl groups is 1. The highest BCUT2D eigenvalue weighted by Gasteiger charge is 2.21. The van der Waals surface area contributed by atoms with Crippen molar-refractivity contribution in [3.63, 3.8) is 0 Å². The Morgan fingerprint density at radius 3 is 2.50 bits per heavy atom. The maximum absolute atomic E-state index is 10.3. The lowest BCUT2D eigenvalue weighted by Crippen LogP contribution is -2.22. The van der Waals surface area contributed by atoms with Gasteiger partial charge in [-0.3, -0.25) is 0 Å². The highest BCUT2D eigenvalue weighted by Crippen LogP contribution is 2.29. The van der Waals surface area contributed by atoms with Crippen LogP contribution in [0.15, 0.2) is 15.9 Å². The third kappa shape index (κ3) is 3.57. The molecule has 1 aromatic heterocycles. The summed E-state index contributed by atoms with van der Waals surface area (Å²) in [4.78, 5) is 1.30. The van der Waals surface area contributed by atoms with Crippen molar-refractivity contribution in [2.24, 2.45) is 5.92 Å². The summed E-state index contributed by atoms with van der Waals surface area (Å²) in [5.41, 5.74) is 0. The highest BCUT2D eigenvalue weighted by molar-refractivity contribution is 9.11. The Morgan fingerprint density at radius 1 is 1.25 bits per heavy atom. The molecule has 1 heterocycles. The minimum Gasteiger partial charge on any atom is -0.392 e. The lowest BCUT2D eigenvalue weighted by atomic mass is 9.92. The van der Waals surface area contributed by atoms with Crippen molar-refractivity contribution in [3.05, 3.63) is 20.8 Å². The number of rotatable bonds is 3. The van der Waals surface area contributed by atoms with Crippen molar-refractivity contribution in [1.29, 1.82) is 0 Å². The molecule has 1 saturated carbocycles. The van der Waals surface area contributed by atoms with E-state index in [9.17, 15) is 5.11 Å². The van der Waals surface area contributed by atoms with Crippen LogP contribution in [0.1, 0.15) is 43.4 Å². The fourth-order valence-electron chi connectivity index (χ4n) is 2.53. The van der Waals surface area contributed by atoms with E-state index in [1.54, 1.807) is 11.3 Å². The fourth-order valence-corrected chi connectivity index (χ4v) is 4.06. The van der Waals surface area contributed by atoms with Crippen LogP contribution in [0.3, 0.4) is 0 Å². The van der Waals surface area contributed by atoms with E-state index in [0.29, 0.717) is 5.92 Å².